The first-order valence-corrected chi connectivity index (χ1v) is 8.87. The van der Waals surface area contributed by atoms with E-state index in [2.05, 4.69) is 39.1 Å². The number of rotatable bonds is 3. The van der Waals surface area contributed by atoms with Crippen molar-refractivity contribution >= 4 is 11.6 Å². The summed E-state index contributed by atoms with van der Waals surface area (Å²) < 4.78 is 0. The molecule has 0 aromatic heterocycles. The molecule has 0 aliphatic heterocycles. The van der Waals surface area contributed by atoms with Gasteiger partial charge in [-0.1, -0.05) is 39.8 Å². The highest BCUT2D eigenvalue weighted by Crippen LogP contribution is 2.40. The van der Waals surface area contributed by atoms with Crippen molar-refractivity contribution in [3.05, 3.63) is 41.0 Å². The van der Waals surface area contributed by atoms with E-state index in [1.165, 1.54) is 5.56 Å². The maximum absolute atomic E-state index is 12.5. The van der Waals surface area contributed by atoms with Gasteiger partial charge in [0.15, 0.2) is 0 Å². The molecule has 1 saturated carbocycles. The standard InChI is InChI=1S/C21H28N2O/c1-5-15-6-12-18(13-7-15)23-20(24)19(14-22)16-8-10-17(11-9-16)21(2,3)4/h6-7,12-13,17H,5,8-11H2,1-4H3,(H,23,24). The van der Waals surface area contributed by atoms with Crippen molar-refractivity contribution in [3.63, 3.8) is 0 Å². The Morgan fingerprint density at radius 3 is 2.25 bits per heavy atom. The van der Waals surface area contributed by atoms with Crippen LogP contribution in [0, 0.1) is 22.7 Å². The van der Waals surface area contributed by atoms with Crippen LogP contribution in [0.1, 0.15) is 58.9 Å². The van der Waals surface area contributed by atoms with E-state index in [-0.39, 0.29) is 5.91 Å². The van der Waals surface area contributed by atoms with Crippen LogP contribution in [0.3, 0.4) is 0 Å². The molecule has 1 amide bonds. The van der Waals surface area contributed by atoms with Crippen LogP contribution >= 0.6 is 0 Å². The van der Waals surface area contributed by atoms with Crippen LogP contribution in [0.15, 0.2) is 35.4 Å². The predicted octanol–water partition coefficient (Wildman–Crippen LogP) is 5.24. The number of carbonyl (C=O) groups excluding carboxylic acids is 1. The lowest BCUT2D eigenvalue weighted by Crippen LogP contribution is -2.25. The van der Waals surface area contributed by atoms with Crippen LogP contribution in [-0.4, -0.2) is 5.91 Å². The molecule has 1 aromatic rings. The number of hydrogen-bond acceptors (Lipinski definition) is 2. The SMILES string of the molecule is CCc1ccc(NC(=O)C(C#N)=C2CCC(C(C)(C)C)CC2)cc1. The summed E-state index contributed by atoms with van der Waals surface area (Å²) in [6.07, 6.45) is 4.79. The summed E-state index contributed by atoms with van der Waals surface area (Å²) in [6.45, 7) is 8.90. The molecule has 1 aliphatic carbocycles. The largest absolute Gasteiger partial charge is 0.321 e. The molecule has 1 aromatic carbocycles. The Labute approximate surface area is 145 Å². The second-order valence-corrected chi connectivity index (χ2v) is 7.74. The number of aryl methyl sites for hydroxylation is 1. The van der Waals surface area contributed by atoms with Crippen molar-refractivity contribution in [1.29, 1.82) is 5.26 Å². The normalized spacial score (nSPS) is 18.0. The Balaban J connectivity index is 2.07. The second-order valence-electron chi connectivity index (χ2n) is 7.74. The summed E-state index contributed by atoms with van der Waals surface area (Å²) in [6, 6.07) is 9.93. The Hall–Kier alpha value is -2.08. The molecule has 3 heteroatoms. The van der Waals surface area contributed by atoms with Gasteiger partial charge in [0.1, 0.15) is 11.6 Å². The predicted molar refractivity (Wildman–Crippen MR) is 98.5 cm³/mol. The zero-order valence-electron chi connectivity index (χ0n) is 15.3. The highest BCUT2D eigenvalue weighted by Gasteiger charge is 2.29. The van der Waals surface area contributed by atoms with Gasteiger partial charge in [-0.15, -0.1) is 0 Å². The van der Waals surface area contributed by atoms with Crippen LogP contribution in [0.4, 0.5) is 5.69 Å². The van der Waals surface area contributed by atoms with Crippen LogP contribution < -0.4 is 5.32 Å². The Morgan fingerprint density at radius 2 is 1.79 bits per heavy atom. The molecule has 24 heavy (non-hydrogen) atoms. The third-order valence-electron chi connectivity index (χ3n) is 5.13. The van der Waals surface area contributed by atoms with Crippen LogP contribution in [0.2, 0.25) is 0 Å². The van der Waals surface area contributed by atoms with Crippen LogP contribution in [0.5, 0.6) is 0 Å². The minimum absolute atomic E-state index is 0.272. The van der Waals surface area contributed by atoms with Gasteiger partial charge >= 0.3 is 0 Å². The van der Waals surface area contributed by atoms with Gasteiger partial charge in [0.25, 0.3) is 5.91 Å². The van der Waals surface area contributed by atoms with Crippen molar-refractivity contribution < 1.29 is 4.79 Å². The molecular formula is C21H28N2O. The number of nitrogens with zero attached hydrogens (tertiary/aromatic N) is 1. The molecule has 0 atom stereocenters. The summed E-state index contributed by atoms with van der Waals surface area (Å²) >= 11 is 0. The first-order chi connectivity index (χ1) is 11.3. The topological polar surface area (TPSA) is 52.9 Å². The molecule has 0 unspecified atom stereocenters. The molecule has 3 nitrogen and oxygen atoms in total. The molecule has 128 valence electrons. The minimum Gasteiger partial charge on any atom is -0.321 e. The Bertz CT molecular complexity index is 647. The smallest absolute Gasteiger partial charge is 0.266 e. The molecule has 1 N–H and O–H groups in total. The number of hydrogen-bond donors (Lipinski definition) is 1. The van der Waals surface area contributed by atoms with Gasteiger partial charge < -0.3 is 5.32 Å². The molecule has 0 spiro atoms. The first-order valence-electron chi connectivity index (χ1n) is 8.87. The Morgan fingerprint density at radius 1 is 1.21 bits per heavy atom. The maximum Gasteiger partial charge on any atom is 0.266 e. The van der Waals surface area contributed by atoms with E-state index in [1.54, 1.807) is 0 Å². The fourth-order valence-corrected chi connectivity index (χ4v) is 3.39. The number of amides is 1. The monoisotopic (exact) mass is 324 g/mol. The fourth-order valence-electron chi connectivity index (χ4n) is 3.39. The molecule has 0 saturated heterocycles. The number of carbonyl (C=O) groups is 1. The third kappa shape index (κ3) is 4.47. The van der Waals surface area contributed by atoms with Crippen molar-refractivity contribution in [3.8, 4) is 6.07 Å². The molecular weight excluding hydrogens is 296 g/mol. The Kier molecular flexibility index (Phi) is 5.83. The van der Waals surface area contributed by atoms with E-state index >= 15 is 0 Å². The van der Waals surface area contributed by atoms with Gasteiger partial charge in [0, 0.05) is 5.69 Å². The summed E-state index contributed by atoms with van der Waals surface area (Å²) in [5.41, 5.74) is 3.59. The third-order valence-corrected chi connectivity index (χ3v) is 5.13. The average Bonchev–Trinajstić information content (AvgIpc) is 2.56. The lowest BCUT2D eigenvalue weighted by atomic mass is 9.71. The number of allylic oxidation sites excluding steroid dienone is 1. The highest BCUT2D eigenvalue weighted by atomic mass is 16.1. The van der Waals surface area contributed by atoms with E-state index in [0.717, 1.165) is 43.4 Å². The van der Waals surface area contributed by atoms with Gasteiger partial charge in [-0.25, -0.2) is 0 Å². The van der Waals surface area contributed by atoms with E-state index in [0.29, 0.717) is 16.9 Å². The van der Waals surface area contributed by atoms with Gasteiger partial charge in [-0.05, 0) is 66.7 Å². The number of nitrogens with one attached hydrogen (secondary N) is 1. The number of benzene rings is 1. The van der Waals surface area contributed by atoms with E-state index in [4.69, 9.17) is 0 Å². The van der Waals surface area contributed by atoms with Crippen molar-refractivity contribution in [1.82, 2.24) is 0 Å². The van der Waals surface area contributed by atoms with Crippen LogP contribution in [0.25, 0.3) is 0 Å². The molecule has 0 radical (unpaired) electrons. The van der Waals surface area contributed by atoms with Crippen molar-refractivity contribution in [2.75, 3.05) is 5.32 Å². The summed E-state index contributed by atoms with van der Waals surface area (Å²) in [7, 11) is 0. The van der Waals surface area contributed by atoms with Gasteiger partial charge in [0.05, 0.1) is 0 Å². The number of nitriles is 1. The fraction of sp³-hybridized carbons (Fsp3) is 0.524. The highest BCUT2D eigenvalue weighted by molar-refractivity contribution is 6.07. The lowest BCUT2D eigenvalue weighted by Gasteiger charge is -2.35. The summed E-state index contributed by atoms with van der Waals surface area (Å²) in [4.78, 5) is 12.5. The minimum atomic E-state index is -0.272. The molecule has 1 aliphatic rings. The summed E-state index contributed by atoms with van der Waals surface area (Å²) in [5, 5.41) is 12.3. The summed E-state index contributed by atoms with van der Waals surface area (Å²) in [5.74, 6) is 0.386. The van der Waals surface area contributed by atoms with Gasteiger partial charge in [0.2, 0.25) is 0 Å². The zero-order valence-corrected chi connectivity index (χ0v) is 15.3. The average molecular weight is 324 g/mol. The quantitative estimate of drug-likeness (QED) is 0.610. The van der Waals surface area contributed by atoms with E-state index in [1.807, 2.05) is 24.3 Å². The maximum atomic E-state index is 12.5. The van der Waals surface area contributed by atoms with E-state index in [9.17, 15) is 10.1 Å². The molecule has 0 bridgehead atoms. The van der Waals surface area contributed by atoms with Gasteiger partial charge in [-0.2, -0.15) is 5.26 Å². The van der Waals surface area contributed by atoms with E-state index < -0.39 is 0 Å². The van der Waals surface area contributed by atoms with Crippen molar-refractivity contribution in [2.24, 2.45) is 11.3 Å². The molecule has 0 heterocycles. The van der Waals surface area contributed by atoms with Crippen LogP contribution in [-0.2, 0) is 11.2 Å². The number of anilines is 1. The first kappa shape index (κ1) is 18.3. The lowest BCUT2D eigenvalue weighted by molar-refractivity contribution is -0.112. The van der Waals surface area contributed by atoms with Crippen molar-refractivity contribution in [2.45, 2.75) is 59.8 Å². The second kappa shape index (κ2) is 7.66. The molecule has 1 fully saturated rings. The van der Waals surface area contributed by atoms with Gasteiger partial charge in [-0.3, -0.25) is 4.79 Å². The molecule has 2 rings (SSSR count). The zero-order chi connectivity index (χ0) is 17.7.